The molecule has 1 nitrogen and oxygen atoms in total. The summed E-state index contributed by atoms with van der Waals surface area (Å²) in [5, 5.41) is -0.103. The maximum Gasteiger partial charge on any atom is 0.226 e. The Balaban J connectivity index is 1.77. The van der Waals surface area contributed by atoms with Crippen molar-refractivity contribution < 1.29 is 4.79 Å². The van der Waals surface area contributed by atoms with E-state index in [4.69, 9.17) is 0 Å². The highest BCUT2D eigenvalue weighted by atomic mass is 32.1. The lowest BCUT2D eigenvalue weighted by molar-refractivity contribution is 0.109. The Bertz CT molecular complexity index is 453. The lowest BCUT2D eigenvalue weighted by Gasteiger charge is -2.03. The predicted molar refractivity (Wildman–Crippen MR) is 121 cm³/mol. The minimum atomic E-state index is -0.103. The Kier molecular flexibility index (Phi) is 15.4. The van der Waals surface area contributed by atoms with Gasteiger partial charge in [0.2, 0.25) is 5.12 Å². The van der Waals surface area contributed by atoms with Gasteiger partial charge in [-0.1, -0.05) is 116 Å². The zero-order valence-corrected chi connectivity index (χ0v) is 18.7. The largest absolute Gasteiger partial charge is 0.281 e. The van der Waals surface area contributed by atoms with Crippen molar-refractivity contribution in [3.05, 3.63) is 21.9 Å². The van der Waals surface area contributed by atoms with Crippen molar-refractivity contribution in [3.8, 4) is 0 Å². The van der Waals surface area contributed by atoms with Gasteiger partial charge >= 0.3 is 0 Å². The van der Waals surface area contributed by atoms with Crippen LogP contribution in [0.25, 0.3) is 0 Å². The first-order valence-corrected chi connectivity index (χ1v) is 12.3. The topological polar surface area (TPSA) is 17.1 Å². The van der Waals surface area contributed by atoms with Crippen molar-refractivity contribution in [1.29, 1.82) is 0 Å². The number of thiophene rings is 1. The number of rotatable bonds is 18. The number of aryl methyl sites for hydroxylation is 1. The summed E-state index contributed by atoms with van der Waals surface area (Å²) in [6, 6.07) is 3.99. The molecule has 3 heteroatoms. The van der Waals surface area contributed by atoms with Crippen LogP contribution in [0.15, 0.2) is 12.1 Å². The van der Waals surface area contributed by atoms with Gasteiger partial charge in [0.1, 0.15) is 0 Å². The quantitative estimate of drug-likeness (QED) is 0.194. The molecule has 1 heterocycles. The van der Waals surface area contributed by atoms with Gasteiger partial charge < -0.3 is 0 Å². The van der Waals surface area contributed by atoms with E-state index in [1.807, 2.05) is 6.07 Å². The lowest BCUT2D eigenvalue weighted by atomic mass is 10.0. The normalized spacial score (nSPS) is 11.2. The van der Waals surface area contributed by atoms with Gasteiger partial charge in [0.15, 0.2) is 0 Å². The van der Waals surface area contributed by atoms with Gasteiger partial charge in [0.05, 0.1) is 4.88 Å². The van der Waals surface area contributed by atoms with Gasteiger partial charge in [0.25, 0.3) is 0 Å². The van der Waals surface area contributed by atoms with E-state index in [1.165, 1.54) is 108 Å². The van der Waals surface area contributed by atoms with E-state index in [1.54, 1.807) is 11.3 Å². The molecule has 0 unspecified atom stereocenters. The zero-order chi connectivity index (χ0) is 18.9. The zero-order valence-electron chi connectivity index (χ0n) is 16.9. The highest BCUT2D eigenvalue weighted by Crippen LogP contribution is 2.21. The monoisotopic (exact) mass is 396 g/mol. The molecule has 0 aliphatic rings. The van der Waals surface area contributed by atoms with Crippen LogP contribution in [-0.4, -0.2) is 5.12 Å². The Hall–Kier alpha value is -0.280. The van der Waals surface area contributed by atoms with E-state index < -0.39 is 0 Å². The summed E-state index contributed by atoms with van der Waals surface area (Å²) in [6.45, 7) is 2.29. The van der Waals surface area contributed by atoms with Gasteiger partial charge in [0, 0.05) is 4.88 Å². The third kappa shape index (κ3) is 13.0. The van der Waals surface area contributed by atoms with Crippen LogP contribution in [0.3, 0.4) is 0 Å². The first-order chi connectivity index (χ1) is 12.7. The average Bonchev–Trinajstić information content (AvgIpc) is 3.10. The second-order valence-corrected chi connectivity index (χ2v) is 9.20. The Morgan fingerprint density at radius 1 is 0.731 bits per heavy atom. The summed E-state index contributed by atoms with van der Waals surface area (Å²) in [7, 11) is 0. The van der Waals surface area contributed by atoms with Crippen LogP contribution in [0.2, 0.25) is 0 Å². The Morgan fingerprint density at radius 2 is 1.15 bits per heavy atom. The molecule has 0 atom stereocenters. The summed E-state index contributed by atoms with van der Waals surface area (Å²) in [5.74, 6) is 0. The highest BCUT2D eigenvalue weighted by molar-refractivity contribution is 7.97. The van der Waals surface area contributed by atoms with Gasteiger partial charge in [-0.15, -0.1) is 11.3 Å². The Labute approximate surface area is 171 Å². The van der Waals surface area contributed by atoms with E-state index in [9.17, 15) is 4.79 Å². The summed E-state index contributed by atoms with van der Waals surface area (Å²) < 4.78 is 0. The fraction of sp³-hybridized carbons (Fsp3) is 0.783. The number of thiol groups is 1. The number of carbonyl (C=O) groups is 1. The van der Waals surface area contributed by atoms with Gasteiger partial charge in [-0.3, -0.25) is 4.79 Å². The minimum absolute atomic E-state index is 0.103. The molecule has 0 amide bonds. The van der Waals surface area contributed by atoms with Crippen LogP contribution in [0.1, 0.15) is 124 Å². The number of hydrogen-bond donors (Lipinski definition) is 1. The first kappa shape index (κ1) is 23.8. The molecular formula is C23H40OS2. The van der Waals surface area contributed by atoms with E-state index in [0.29, 0.717) is 0 Å². The van der Waals surface area contributed by atoms with Crippen LogP contribution in [0.4, 0.5) is 0 Å². The molecule has 0 fully saturated rings. The third-order valence-corrected chi connectivity index (χ3v) is 6.69. The van der Waals surface area contributed by atoms with Crippen LogP contribution in [0.5, 0.6) is 0 Å². The molecule has 0 spiro atoms. The molecule has 0 saturated heterocycles. The maximum absolute atomic E-state index is 11.2. The third-order valence-electron chi connectivity index (χ3n) is 5.15. The number of carbonyl (C=O) groups excluding carboxylic acids is 1. The van der Waals surface area contributed by atoms with Crippen LogP contribution in [-0.2, 0) is 6.42 Å². The molecular weight excluding hydrogens is 356 g/mol. The van der Waals surface area contributed by atoms with Gasteiger partial charge in [-0.25, -0.2) is 0 Å². The van der Waals surface area contributed by atoms with Crippen LogP contribution in [0, 0.1) is 0 Å². The smallest absolute Gasteiger partial charge is 0.226 e. The molecule has 1 rings (SSSR count). The average molecular weight is 397 g/mol. The molecule has 0 aliphatic carbocycles. The summed E-state index contributed by atoms with van der Waals surface area (Å²) in [6.07, 6.45) is 23.6. The van der Waals surface area contributed by atoms with E-state index in [-0.39, 0.29) is 5.12 Å². The van der Waals surface area contributed by atoms with E-state index in [0.717, 1.165) is 11.3 Å². The molecule has 0 radical (unpaired) electrons. The molecule has 1 aromatic rings. The van der Waals surface area contributed by atoms with Gasteiger partial charge in [-0.05, 0) is 25.0 Å². The maximum atomic E-state index is 11.2. The van der Waals surface area contributed by atoms with Crippen LogP contribution < -0.4 is 0 Å². The SMILES string of the molecule is CCCCCCCCCCCCCCCCCCc1ccc(C(=O)S)s1. The summed E-state index contributed by atoms with van der Waals surface area (Å²) >= 11 is 5.48. The highest BCUT2D eigenvalue weighted by Gasteiger charge is 2.04. The van der Waals surface area contributed by atoms with Crippen LogP contribution >= 0.6 is 24.0 Å². The summed E-state index contributed by atoms with van der Waals surface area (Å²) in [5.41, 5.74) is 0. The molecule has 0 N–H and O–H groups in total. The molecule has 26 heavy (non-hydrogen) atoms. The predicted octanol–water partition coefficient (Wildman–Crippen LogP) is 8.62. The minimum Gasteiger partial charge on any atom is -0.281 e. The van der Waals surface area contributed by atoms with Crippen molar-refractivity contribution in [2.45, 2.75) is 116 Å². The molecule has 0 bridgehead atoms. The van der Waals surface area contributed by atoms with Crippen molar-refractivity contribution in [2.75, 3.05) is 0 Å². The molecule has 1 aromatic heterocycles. The van der Waals surface area contributed by atoms with Crippen molar-refractivity contribution in [2.24, 2.45) is 0 Å². The van der Waals surface area contributed by atoms with Crippen molar-refractivity contribution in [3.63, 3.8) is 0 Å². The van der Waals surface area contributed by atoms with Crippen molar-refractivity contribution in [1.82, 2.24) is 0 Å². The second kappa shape index (κ2) is 16.9. The number of hydrogen-bond acceptors (Lipinski definition) is 2. The molecule has 0 aliphatic heterocycles. The fourth-order valence-corrected chi connectivity index (χ4v) is 4.57. The lowest BCUT2D eigenvalue weighted by Crippen LogP contribution is -1.85. The molecule has 0 saturated carbocycles. The van der Waals surface area contributed by atoms with E-state index >= 15 is 0 Å². The second-order valence-electron chi connectivity index (χ2n) is 7.62. The molecule has 150 valence electrons. The van der Waals surface area contributed by atoms with E-state index in [2.05, 4.69) is 25.6 Å². The van der Waals surface area contributed by atoms with Gasteiger partial charge in [-0.2, -0.15) is 0 Å². The standard InChI is InChI=1S/C23H40OS2/c1-2-3-4-5-6-7-8-9-10-11-12-13-14-15-16-17-18-21-19-20-22(26-21)23(24)25/h19-20H,2-18H2,1H3,(H,24,25). The van der Waals surface area contributed by atoms with Crippen molar-refractivity contribution >= 4 is 29.1 Å². The molecule has 0 aromatic carbocycles. The first-order valence-electron chi connectivity index (χ1n) is 11.1. The summed E-state index contributed by atoms with van der Waals surface area (Å²) in [4.78, 5) is 13.3. The Morgan fingerprint density at radius 3 is 1.54 bits per heavy atom. The number of unbranched alkanes of at least 4 members (excludes halogenated alkanes) is 15. The fourth-order valence-electron chi connectivity index (χ4n) is 3.47.